The van der Waals surface area contributed by atoms with Crippen molar-refractivity contribution in [3.8, 4) is 16.9 Å². The Hall–Kier alpha value is -2.16. The molecule has 17 heavy (non-hydrogen) atoms. The molecule has 2 nitrogen and oxygen atoms in total. The van der Waals surface area contributed by atoms with Gasteiger partial charge in [0.15, 0.2) is 6.29 Å². The molecule has 0 saturated carbocycles. The summed E-state index contributed by atoms with van der Waals surface area (Å²) in [5.74, 6) is 0.360. The molecule has 2 aromatic rings. The fourth-order valence-electron chi connectivity index (χ4n) is 1.65. The van der Waals surface area contributed by atoms with E-state index in [2.05, 4.69) is 0 Å². The predicted molar refractivity (Wildman–Crippen MR) is 63.8 cm³/mol. The molecular weight excluding hydrogens is 219 g/mol. The molecule has 0 aromatic heterocycles. The molecular formula is C14H11FO2. The maximum Gasteiger partial charge on any atom is 0.150 e. The quantitative estimate of drug-likeness (QED) is 0.756. The van der Waals surface area contributed by atoms with E-state index in [0.717, 1.165) is 17.6 Å². The van der Waals surface area contributed by atoms with Crippen molar-refractivity contribution < 1.29 is 13.9 Å². The van der Waals surface area contributed by atoms with E-state index in [9.17, 15) is 9.18 Å². The highest BCUT2D eigenvalue weighted by atomic mass is 19.1. The average Bonchev–Trinajstić information content (AvgIpc) is 2.39. The molecule has 0 fully saturated rings. The summed E-state index contributed by atoms with van der Waals surface area (Å²) in [6.45, 7) is 0. The summed E-state index contributed by atoms with van der Waals surface area (Å²) in [6.07, 6.45) is 0.721. The molecule has 2 aromatic carbocycles. The highest BCUT2D eigenvalue weighted by molar-refractivity contribution is 5.87. The Morgan fingerprint density at radius 2 is 1.82 bits per heavy atom. The smallest absolute Gasteiger partial charge is 0.150 e. The van der Waals surface area contributed by atoms with Gasteiger partial charge in [0.05, 0.1) is 7.11 Å². The monoisotopic (exact) mass is 230 g/mol. The molecule has 0 unspecified atom stereocenters. The van der Waals surface area contributed by atoms with Crippen molar-refractivity contribution in [1.82, 2.24) is 0 Å². The van der Waals surface area contributed by atoms with Crippen LogP contribution < -0.4 is 4.74 Å². The number of rotatable bonds is 3. The predicted octanol–water partition coefficient (Wildman–Crippen LogP) is 3.31. The molecule has 2 rings (SSSR count). The van der Waals surface area contributed by atoms with Gasteiger partial charge >= 0.3 is 0 Å². The van der Waals surface area contributed by atoms with Crippen LogP contribution in [0, 0.1) is 5.82 Å². The first-order valence-electron chi connectivity index (χ1n) is 5.14. The highest BCUT2D eigenvalue weighted by Gasteiger charge is 2.06. The lowest BCUT2D eigenvalue weighted by atomic mass is 10.0. The first-order chi connectivity index (χ1) is 8.24. The van der Waals surface area contributed by atoms with E-state index in [4.69, 9.17) is 4.74 Å². The maximum absolute atomic E-state index is 13.2. The van der Waals surface area contributed by atoms with Crippen LogP contribution in [0.15, 0.2) is 42.5 Å². The molecule has 3 heteroatoms. The fraction of sp³-hybridized carbons (Fsp3) is 0.0714. The lowest BCUT2D eigenvalue weighted by Crippen LogP contribution is -1.89. The first kappa shape index (κ1) is 11.3. The van der Waals surface area contributed by atoms with Crippen molar-refractivity contribution in [1.29, 1.82) is 0 Å². The van der Waals surface area contributed by atoms with Gasteiger partial charge in [0.2, 0.25) is 0 Å². The van der Waals surface area contributed by atoms with Gasteiger partial charge in [-0.2, -0.15) is 0 Å². The third-order valence-corrected chi connectivity index (χ3v) is 2.54. The molecule has 0 aliphatic carbocycles. The number of hydrogen-bond donors (Lipinski definition) is 0. The zero-order chi connectivity index (χ0) is 12.3. The number of methoxy groups -OCH3 is 1. The van der Waals surface area contributed by atoms with Crippen molar-refractivity contribution >= 4 is 6.29 Å². The standard InChI is InChI=1S/C14H11FO2/c1-17-13-6-3-10(4-7-13)14-8-12(15)5-2-11(14)9-16/h2-9H,1H3. The van der Waals surface area contributed by atoms with Crippen LogP contribution in [0.25, 0.3) is 11.1 Å². The molecule has 0 amide bonds. The van der Waals surface area contributed by atoms with Crippen molar-refractivity contribution in [3.05, 3.63) is 53.8 Å². The second kappa shape index (κ2) is 4.78. The Morgan fingerprint density at radius 1 is 1.12 bits per heavy atom. The molecule has 0 spiro atoms. The zero-order valence-corrected chi connectivity index (χ0v) is 9.31. The minimum absolute atomic E-state index is 0.360. The summed E-state index contributed by atoms with van der Waals surface area (Å²) in [4.78, 5) is 10.9. The van der Waals surface area contributed by atoms with E-state index in [1.54, 1.807) is 31.4 Å². The van der Waals surface area contributed by atoms with Crippen LogP contribution in [0.1, 0.15) is 10.4 Å². The number of carbonyl (C=O) groups excluding carboxylic acids is 1. The van der Waals surface area contributed by atoms with Crippen molar-refractivity contribution in [2.75, 3.05) is 7.11 Å². The van der Waals surface area contributed by atoms with Crippen LogP contribution in [0.3, 0.4) is 0 Å². The van der Waals surface area contributed by atoms with E-state index in [-0.39, 0.29) is 5.82 Å². The Labute approximate surface area is 98.7 Å². The maximum atomic E-state index is 13.2. The number of benzene rings is 2. The Bertz CT molecular complexity index is 532. The van der Waals surface area contributed by atoms with E-state index >= 15 is 0 Å². The summed E-state index contributed by atoms with van der Waals surface area (Å²) in [5.41, 5.74) is 1.84. The highest BCUT2D eigenvalue weighted by Crippen LogP contribution is 2.25. The Balaban J connectivity index is 2.50. The molecule has 0 atom stereocenters. The van der Waals surface area contributed by atoms with E-state index < -0.39 is 0 Å². The lowest BCUT2D eigenvalue weighted by Gasteiger charge is -2.06. The fourth-order valence-corrected chi connectivity index (χ4v) is 1.65. The molecule has 0 aliphatic rings. The molecule has 0 radical (unpaired) electrons. The number of hydrogen-bond acceptors (Lipinski definition) is 2. The van der Waals surface area contributed by atoms with Crippen LogP contribution in [-0.4, -0.2) is 13.4 Å². The largest absolute Gasteiger partial charge is 0.497 e. The van der Waals surface area contributed by atoms with E-state index in [1.807, 2.05) is 0 Å². The van der Waals surface area contributed by atoms with Gasteiger partial charge in [0, 0.05) is 5.56 Å². The normalized spacial score (nSPS) is 10.0. The zero-order valence-electron chi connectivity index (χ0n) is 9.31. The van der Waals surface area contributed by atoms with Crippen LogP contribution in [-0.2, 0) is 0 Å². The van der Waals surface area contributed by atoms with Gasteiger partial charge in [-0.15, -0.1) is 0 Å². The molecule has 86 valence electrons. The first-order valence-corrected chi connectivity index (χ1v) is 5.14. The molecule has 0 aliphatic heterocycles. The van der Waals surface area contributed by atoms with Gasteiger partial charge in [-0.3, -0.25) is 4.79 Å². The minimum Gasteiger partial charge on any atom is -0.497 e. The number of carbonyl (C=O) groups is 1. The third-order valence-electron chi connectivity index (χ3n) is 2.54. The van der Waals surface area contributed by atoms with Crippen LogP contribution in [0.4, 0.5) is 4.39 Å². The molecule has 0 heterocycles. The minimum atomic E-state index is -0.360. The van der Waals surface area contributed by atoms with Gasteiger partial charge in [-0.05, 0) is 41.5 Å². The van der Waals surface area contributed by atoms with Crippen LogP contribution >= 0.6 is 0 Å². The topological polar surface area (TPSA) is 26.3 Å². The number of ether oxygens (including phenoxy) is 1. The molecule has 0 N–H and O–H groups in total. The number of halogens is 1. The Kier molecular flexibility index (Phi) is 3.19. The van der Waals surface area contributed by atoms with Gasteiger partial charge in [0.1, 0.15) is 11.6 Å². The molecule has 0 saturated heterocycles. The summed E-state index contributed by atoms with van der Waals surface area (Å²) >= 11 is 0. The van der Waals surface area contributed by atoms with Gasteiger partial charge < -0.3 is 4.74 Å². The van der Waals surface area contributed by atoms with E-state index in [1.165, 1.54) is 18.2 Å². The average molecular weight is 230 g/mol. The van der Waals surface area contributed by atoms with E-state index in [0.29, 0.717) is 11.1 Å². The van der Waals surface area contributed by atoms with Crippen LogP contribution in [0.2, 0.25) is 0 Å². The van der Waals surface area contributed by atoms with Gasteiger partial charge in [0.25, 0.3) is 0 Å². The van der Waals surface area contributed by atoms with Crippen molar-refractivity contribution in [2.45, 2.75) is 0 Å². The summed E-state index contributed by atoms with van der Waals surface area (Å²) in [6, 6.07) is 11.2. The van der Waals surface area contributed by atoms with Crippen molar-refractivity contribution in [2.24, 2.45) is 0 Å². The van der Waals surface area contributed by atoms with Crippen LogP contribution in [0.5, 0.6) is 5.75 Å². The molecule has 0 bridgehead atoms. The second-order valence-corrected chi connectivity index (χ2v) is 3.58. The van der Waals surface area contributed by atoms with Gasteiger partial charge in [-0.25, -0.2) is 4.39 Å². The summed E-state index contributed by atoms with van der Waals surface area (Å²) < 4.78 is 18.2. The summed E-state index contributed by atoms with van der Waals surface area (Å²) in [7, 11) is 1.58. The van der Waals surface area contributed by atoms with Gasteiger partial charge in [-0.1, -0.05) is 12.1 Å². The Morgan fingerprint density at radius 3 is 2.41 bits per heavy atom. The summed E-state index contributed by atoms with van der Waals surface area (Å²) in [5, 5.41) is 0. The number of aldehydes is 1. The lowest BCUT2D eigenvalue weighted by molar-refractivity contribution is 0.112. The third kappa shape index (κ3) is 2.33. The SMILES string of the molecule is COc1ccc(-c2cc(F)ccc2C=O)cc1. The van der Waals surface area contributed by atoms with Crippen molar-refractivity contribution in [3.63, 3.8) is 0 Å². The second-order valence-electron chi connectivity index (χ2n) is 3.58.